The van der Waals surface area contributed by atoms with E-state index in [1.54, 1.807) is 11.1 Å². The number of hydrogen-bond donors (Lipinski definition) is 0. The van der Waals surface area contributed by atoms with Gasteiger partial charge >= 0.3 is 0 Å². The molecule has 0 nitrogen and oxygen atoms in total. The third-order valence-corrected chi connectivity index (χ3v) is 2.74. The Morgan fingerprint density at radius 3 is 1.90 bits per heavy atom. The second kappa shape index (κ2) is 1.98. The summed E-state index contributed by atoms with van der Waals surface area (Å²) >= 11 is 0. The van der Waals surface area contributed by atoms with Crippen molar-refractivity contribution >= 4 is 0 Å². The van der Waals surface area contributed by atoms with Crippen LogP contribution in [0.4, 0.5) is 0 Å². The van der Waals surface area contributed by atoms with E-state index in [1.165, 1.54) is 12.8 Å². The third kappa shape index (κ3) is 0.681. The fraction of sp³-hybridized carbons (Fsp3) is 0.600. The molecule has 2 aliphatic carbocycles. The quantitative estimate of drug-likeness (QED) is 0.447. The van der Waals surface area contributed by atoms with Gasteiger partial charge in [0.15, 0.2) is 0 Å². The molecule has 0 aromatic rings. The number of fused-ring (bicyclic) bond motifs is 2. The third-order valence-electron chi connectivity index (χ3n) is 2.74. The van der Waals surface area contributed by atoms with Gasteiger partial charge in [-0.25, -0.2) is 0 Å². The summed E-state index contributed by atoms with van der Waals surface area (Å²) in [6.07, 6.45) is 7.58. The van der Waals surface area contributed by atoms with Gasteiger partial charge in [0.25, 0.3) is 0 Å². The standard InChI is InChI=1S/C10H14/c1-7(2)10-8-3-4-9(10)6-5-8/h3-4,8-9H,5-6H2,1-2H3. The summed E-state index contributed by atoms with van der Waals surface area (Å²) in [5.74, 6) is 1.66. The van der Waals surface area contributed by atoms with Crippen LogP contribution in [-0.2, 0) is 0 Å². The molecule has 2 unspecified atom stereocenters. The van der Waals surface area contributed by atoms with Gasteiger partial charge in [0.05, 0.1) is 0 Å². The molecule has 1 saturated carbocycles. The SMILES string of the molecule is CC(C)=C1C2C=CC1CC2. The average molecular weight is 134 g/mol. The van der Waals surface area contributed by atoms with E-state index < -0.39 is 0 Å². The van der Waals surface area contributed by atoms with Crippen molar-refractivity contribution in [1.82, 2.24) is 0 Å². The van der Waals surface area contributed by atoms with Crippen LogP contribution in [0.25, 0.3) is 0 Å². The maximum absolute atomic E-state index is 2.39. The summed E-state index contributed by atoms with van der Waals surface area (Å²) in [6.45, 7) is 4.49. The van der Waals surface area contributed by atoms with Crippen molar-refractivity contribution in [3.8, 4) is 0 Å². The molecule has 1 fully saturated rings. The summed E-state index contributed by atoms with van der Waals surface area (Å²) in [6, 6.07) is 0. The van der Waals surface area contributed by atoms with Crippen molar-refractivity contribution in [3.05, 3.63) is 23.3 Å². The molecule has 0 aromatic carbocycles. The Bertz CT molecular complexity index is 188. The topological polar surface area (TPSA) is 0 Å². The lowest BCUT2D eigenvalue weighted by molar-refractivity contribution is 0.705. The normalized spacial score (nSPS) is 35.6. The number of allylic oxidation sites excluding steroid dienone is 4. The van der Waals surface area contributed by atoms with E-state index in [0.29, 0.717) is 0 Å². The Morgan fingerprint density at radius 1 is 1.20 bits per heavy atom. The minimum absolute atomic E-state index is 0.829. The Balaban J connectivity index is 2.39. The van der Waals surface area contributed by atoms with E-state index in [9.17, 15) is 0 Å². The van der Waals surface area contributed by atoms with E-state index in [4.69, 9.17) is 0 Å². The summed E-state index contributed by atoms with van der Waals surface area (Å²) in [4.78, 5) is 0. The van der Waals surface area contributed by atoms with Crippen LogP contribution in [0, 0.1) is 11.8 Å². The molecule has 0 heteroatoms. The predicted molar refractivity (Wildman–Crippen MR) is 43.7 cm³/mol. The first-order valence-electron chi connectivity index (χ1n) is 4.14. The zero-order valence-electron chi connectivity index (χ0n) is 6.72. The first-order valence-corrected chi connectivity index (χ1v) is 4.14. The first kappa shape index (κ1) is 6.21. The van der Waals surface area contributed by atoms with Gasteiger partial charge in [0, 0.05) is 0 Å². The Morgan fingerprint density at radius 2 is 1.70 bits per heavy atom. The molecular formula is C10H14. The van der Waals surface area contributed by atoms with Gasteiger partial charge in [0.1, 0.15) is 0 Å². The van der Waals surface area contributed by atoms with Crippen molar-refractivity contribution < 1.29 is 0 Å². The predicted octanol–water partition coefficient (Wildman–Crippen LogP) is 2.92. The molecule has 0 aromatic heterocycles. The molecule has 0 aliphatic heterocycles. The number of rotatable bonds is 0. The summed E-state index contributed by atoms with van der Waals surface area (Å²) < 4.78 is 0. The second-order valence-electron chi connectivity index (χ2n) is 3.63. The first-order chi connectivity index (χ1) is 4.79. The van der Waals surface area contributed by atoms with Gasteiger partial charge < -0.3 is 0 Å². The number of hydrogen-bond acceptors (Lipinski definition) is 0. The van der Waals surface area contributed by atoms with E-state index in [2.05, 4.69) is 26.0 Å². The summed E-state index contributed by atoms with van der Waals surface area (Å²) in [5.41, 5.74) is 3.28. The molecule has 0 N–H and O–H groups in total. The van der Waals surface area contributed by atoms with E-state index >= 15 is 0 Å². The molecule has 0 heterocycles. The molecule has 0 spiro atoms. The minimum atomic E-state index is 0.829. The van der Waals surface area contributed by atoms with Gasteiger partial charge in [-0.15, -0.1) is 0 Å². The molecule has 0 amide bonds. The average Bonchev–Trinajstić information content (AvgIpc) is 2.43. The van der Waals surface area contributed by atoms with Crippen LogP contribution >= 0.6 is 0 Å². The Hall–Kier alpha value is -0.520. The van der Waals surface area contributed by atoms with Crippen molar-refractivity contribution in [1.29, 1.82) is 0 Å². The zero-order valence-corrected chi connectivity index (χ0v) is 6.72. The van der Waals surface area contributed by atoms with Gasteiger partial charge in [-0.3, -0.25) is 0 Å². The smallest absolute Gasteiger partial charge is 0.00144 e. The highest BCUT2D eigenvalue weighted by Crippen LogP contribution is 2.45. The van der Waals surface area contributed by atoms with Crippen LogP contribution < -0.4 is 0 Å². The molecule has 54 valence electrons. The fourth-order valence-corrected chi connectivity index (χ4v) is 2.35. The molecule has 0 radical (unpaired) electrons. The van der Waals surface area contributed by atoms with Crippen LogP contribution in [0.3, 0.4) is 0 Å². The monoisotopic (exact) mass is 134 g/mol. The lowest BCUT2D eigenvalue weighted by atomic mass is 10.00. The molecule has 2 rings (SSSR count). The maximum Gasteiger partial charge on any atom is -0.00144 e. The van der Waals surface area contributed by atoms with E-state index in [0.717, 1.165) is 11.8 Å². The molecule has 2 bridgehead atoms. The van der Waals surface area contributed by atoms with E-state index in [1.807, 2.05) is 0 Å². The van der Waals surface area contributed by atoms with Gasteiger partial charge in [0.2, 0.25) is 0 Å². The van der Waals surface area contributed by atoms with Crippen LogP contribution in [0.15, 0.2) is 23.3 Å². The van der Waals surface area contributed by atoms with Crippen molar-refractivity contribution in [2.75, 3.05) is 0 Å². The maximum atomic E-state index is 2.39. The van der Waals surface area contributed by atoms with Crippen LogP contribution in [0.2, 0.25) is 0 Å². The highest BCUT2D eigenvalue weighted by molar-refractivity contribution is 5.34. The fourth-order valence-electron chi connectivity index (χ4n) is 2.35. The van der Waals surface area contributed by atoms with Crippen LogP contribution in [0.5, 0.6) is 0 Å². The molecular weight excluding hydrogens is 120 g/mol. The van der Waals surface area contributed by atoms with Gasteiger partial charge in [-0.2, -0.15) is 0 Å². The second-order valence-corrected chi connectivity index (χ2v) is 3.63. The zero-order chi connectivity index (χ0) is 7.14. The van der Waals surface area contributed by atoms with E-state index in [-0.39, 0.29) is 0 Å². The summed E-state index contributed by atoms with van der Waals surface area (Å²) in [7, 11) is 0. The van der Waals surface area contributed by atoms with Crippen LogP contribution in [0.1, 0.15) is 26.7 Å². The minimum Gasteiger partial charge on any atom is -0.0807 e. The van der Waals surface area contributed by atoms with Gasteiger partial charge in [-0.1, -0.05) is 23.3 Å². The Labute approximate surface area is 62.6 Å². The molecule has 10 heavy (non-hydrogen) atoms. The van der Waals surface area contributed by atoms with Gasteiger partial charge in [-0.05, 0) is 38.5 Å². The van der Waals surface area contributed by atoms with Crippen LogP contribution in [-0.4, -0.2) is 0 Å². The highest BCUT2D eigenvalue weighted by Gasteiger charge is 2.32. The Kier molecular flexibility index (Phi) is 1.23. The molecule has 2 aliphatic rings. The molecule has 2 atom stereocenters. The highest BCUT2D eigenvalue weighted by atomic mass is 14.4. The lowest BCUT2D eigenvalue weighted by Gasteiger charge is -2.05. The lowest BCUT2D eigenvalue weighted by Crippen LogP contribution is -1.92. The van der Waals surface area contributed by atoms with Crippen molar-refractivity contribution in [2.24, 2.45) is 11.8 Å². The van der Waals surface area contributed by atoms with Crippen molar-refractivity contribution in [3.63, 3.8) is 0 Å². The largest absolute Gasteiger partial charge is 0.0807 e. The summed E-state index contributed by atoms with van der Waals surface area (Å²) in [5, 5.41) is 0. The molecule has 0 saturated heterocycles. The van der Waals surface area contributed by atoms with Crippen molar-refractivity contribution in [2.45, 2.75) is 26.7 Å².